The van der Waals surface area contributed by atoms with E-state index in [4.69, 9.17) is 4.74 Å². The Kier molecular flexibility index (Phi) is 4.50. The predicted molar refractivity (Wildman–Crippen MR) is 59.5 cm³/mol. The minimum atomic E-state index is -0.734. The molecule has 3 heteroatoms. The number of hydrogen-bond donors (Lipinski definition) is 0. The van der Waals surface area contributed by atoms with Crippen molar-refractivity contribution >= 4 is 11.8 Å². The molecule has 88 valence electrons. The van der Waals surface area contributed by atoms with Gasteiger partial charge in [0.1, 0.15) is 5.78 Å². The Morgan fingerprint density at radius 1 is 1.07 bits per heavy atom. The first-order valence-corrected chi connectivity index (χ1v) is 5.39. The highest BCUT2D eigenvalue weighted by Gasteiger charge is 2.51. The number of ketones is 1. The molecule has 2 unspecified atom stereocenters. The summed E-state index contributed by atoms with van der Waals surface area (Å²) in [6.07, 6.45) is 1.24. The maximum atomic E-state index is 11.8. The Bertz CT molecular complexity index is 260. The van der Waals surface area contributed by atoms with E-state index in [1.165, 1.54) is 7.11 Å². The van der Waals surface area contributed by atoms with E-state index in [0.717, 1.165) is 0 Å². The maximum Gasteiger partial charge on any atom is 0.312 e. The minimum absolute atomic E-state index is 0.0414. The highest BCUT2D eigenvalue weighted by atomic mass is 16.5. The van der Waals surface area contributed by atoms with Gasteiger partial charge in [0.25, 0.3) is 0 Å². The Morgan fingerprint density at radius 3 is 1.67 bits per heavy atom. The van der Waals surface area contributed by atoms with Crippen LogP contribution in [0.3, 0.4) is 0 Å². The van der Waals surface area contributed by atoms with Crippen molar-refractivity contribution in [1.29, 1.82) is 0 Å². The molecule has 0 saturated heterocycles. The van der Waals surface area contributed by atoms with Crippen LogP contribution in [-0.2, 0) is 14.3 Å². The van der Waals surface area contributed by atoms with E-state index in [-0.39, 0.29) is 11.8 Å². The average molecular weight is 214 g/mol. The molecule has 0 aromatic rings. The van der Waals surface area contributed by atoms with E-state index >= 15 is 0 Å². The van der Waals surface area contributed by atoms with Crippen molar-refractivity contribution in [1.82, 2.24) is 0 Å². The van der Waals surface area contributed by atoms with Crippen LogP contribution in [0.5, 0.6) is 0 Å². The van der Waals surface area contributed by atoms with Gasteiger partial charge >= 0.3 is 5.97 Å². The second-order valence-corrected chi connectivity index (χ2v) is 4.42. The van der Waals surface area contributed by atoms with Crippen molar-refractivity contribution < 1.29 is 14.3 Å². The van der Waals surface area contributed by atoms with Crippen molar-refractivity contribution in [3.05, 3.63) is 0 Å². The second kappa shape index (κ2) is 4.77. The molecule has 0 N–H and O–H groups in total. The van der Waals surface area contributed by atoms with Crippen molar-refractivity contribution in [2.24, 2.45) is 10.8 Å². The SMILES string of the molecule is CCC(C)(C(C)=O)C(C)(CC)C(=O)OC. The molecular formula is C12H22O3. The van der Waals surface area contributed by atoms with Crippen LogP contribution in [0.25, 0.3) is 0 Å². The fraction of sp³-hybridized carbons (Fsp3) is 0.833. The van der Waals surface area contributed by atoms with Crippen LogP contribution in [-0.4, -0.2) is 18.9 Å². The minimum Gasteiger partial charge on any atom is -0.469 e. The van der Waals surface area contributed by atoms with E-state index in [0.29, 0.717) is 12.8 Å². The fourth-order valence-corrected chi connectivity index (χ4v) is 2.01. The molecule has 0 rings (SSSR count). The number of ether oxygens (including phenoxy) is 1. The Balaban J connectivity index is 5.42. The third-order valence-electron chi connectivity index (χ3n) is 4.05. The molecule has 0 aliphatic rings. The van der Waals surface area contributed by atoms with Crippen molar-refractivity contribution in [3.8, 4) is 0 Å². The summed E-state index contributed by atoms with van der Waals surface area (Å²) in [5, 5.41) is 0. The standard InChI is InChI=1S/C12H22O3/c1-7-11(4,9(3)13)12(5,8-2)10(14)15-6/h7-8H2,1-6H3. The molecule has 0 radical (unpaired) electrons. The van der Waals surface area contributed by atoms with E-state index in [1.807, 2.05) is 27.7 Å². The van der Waals surface area contributed by atoms with Crippen molar-refractivity contribution in [3.63, 3.8) is 0 Å². The van der Waals surface area contributed by atoms with Gasteiger partial charge in [0, 0.05) is 5.41 Å². The number of esters is 1. The fourth-order valence-electron chi connectivity index (χ4n) is 2.01. The number of rotatable bonds is 5. The Morgan fingerprint density at radius 2 is 1.47 bits per heavy atom. The van der Waals surface area contributed by atoms with Gasteiger partial charge in [-0.3, -0.25) is 9.59 Å². The Labute approximate surface area is 92.2 Å². The van der Waals surface area contributed by atoms with Gasteiger partial charge in [0.05, 0.1) is 12.5 Å². The van der Waals surface area contributed by atoms with Crippen LogP contribution in [0.1, 0.15) is 47.5 Å². The highest BCUT2D eigenvalue weighted by Crippen LogP contribution is 2.46. The molecule has 0 aromatic carbocycles. The normalized spacial score (nSPS) is 18.8. The number of methoxy groups -OCH3 is 1. The summed E-state index contributed by atoms with van der Waals surface area (Å²) < 4.78 is 4.81. The Hall–Kier alpha value is -0.860. The molecule has 2 atom stereocenters. The lowest BCUT2D eigenvalue weighted by atomic mass is 9.60. The monoisotopic (exact) mass is 214 g/mol. The first-order chi connectivity index (χ1) is 6.80. The molecule has 0 heterocycles. The summed E-state index contributed by atoms with van der Waals surface area (Å²) in [6, 6.07) is 0. The van der Waals surface area contributed by atoms with Crippen LogP contribution in [0.2, 0.25) is 0 Å². The van der Waals surface area contributed by atoms with E-state index in [9.17, 15) is 9.59 Å². The van der Waals surface area contributed by atoms with Crippen LogP contribution < -0.4 is 0 Å². The summed E-state index contributed by atoms with van der Waals surface area (Å²) in [5.41, 5.74) is -1.38. The first-order valence-electron chi connectivity index (χ1n) is 5.39. The molecular weight excluding hydrogens is 192 g/mol. The van der Waals surface area contributed by atoms with Crippen molar-refractivity contribution in [2.75, 3.05) is 7.11 Å². The van der Waals surface area contributed by atoms with E-state index in [1.54, 1.807) is 6.92 Å². The van der Waals surface area contributed by atoms with Crippen LogP contribution in [0.15, 0.2) is 0 Å². The van der Waals surface area contributed by atoms with E-state index < -0.39 is 10.8 Å². The van der Waals surface area contributed by atoms with Gasteiger partial charge in [0.15, 0.2) is 0 Å². The van der Waals surface area contributed by atoms with Gasteiger partial charge in [-0.25, -0.2) is 0 Å². The van der Waals surface area contributed by atoms with Gasteiger partial charge in [-0.05, 0) is 26.7 Å². The molecule has 0 aromatic heterocycles. The number of Topliss-reactive ketones (excluding diaryl/α,β-unsaturated/α-hetero) is 1. The third kappa shape index (κ3) is 2.06. The quantitative estimate of drug-likeness (QED) is 0.661. The lowest BCUT2D eigenvalue weighted by Crippen LogP contribution is -2.48. The topological polar surface area (TPSA) is 43.4 Å². The summed E-state index contributed by atoms with van der Waals surface area (Å²) in [4.78, 5) is 23.5. The van der Waals surface area contributed by atoms with E-state index in [2.05, 4.69) is 0 Å². The van der Waals surface area contributed by atoms with Gasteiger partial charge in [-0.2, -0.15) is 0 Å². The molecule has 15 heavy (non-hydrogen) atoms. The van der Waals surface area contributed by atoms with Crippen LogP contribution in [0.4, 0.5) is 0 Å². The number of carbonyl (C=O) groups excluding carboxylic acids is 2. The van der Waals surface area contributed by atoms with Crippen LogP contribution in [0, 0.1) is 10.8 Å². The smallest absolute Gasteiger partial charge is 0.312 e. The summed E-state index contributed by atoms with van der Waals surface area (Å²) in [7, 11) is 1.37. The maximum absolute atomic E-state index is 11.8. The molecule has 0 fully saturated rings. The average Bonchev–Trinajstić information content (AvgIpc) is 2.24. The number of carbonyl (C=O) groups is 2. The van der Waals surface area contributed by atoms with Gasteiger partial charge in [-0.1, -0.05) is 20.8 Å². The zero-order valence-corrected chi connectivity index (χ0v) is 10.6. The zero-order chi connectivity index (χ0) is 12.3. The lowest BCUT2D eigenvalue weighted by molar-refractivity contribution is -0.165. The molecule has 0 aliphatic carbocycles. The molecule has 0 spiro atoms. The largest absolute Gasteiger partial charge is 0.469 e. The highest BCUT2D eigenvalue weighted by molar-refractivity contribution is 5.90. The summed E-state index contributed by atoms with van der Waals surface area (Å²) in [5.74, 6) is -0.260. The second-order valence-electron chi connectivity index (χ2n) is 4.42. The number of hydrogen-bond acceptors (Lipinski definition) is 3. The van der Waals surface area contributed by atoms with Gasteiger partial charge in [-0.15, -0.1) is 0 Å². The molecule has 0 bridgehead atoms. The van der Waals surface area contributed by atoms with Gasteiger partial charge < -0.3 is 4.74 Å². The van der Waals surface area contributed by atoms with Crippen LogP contribution >= 0.6 is 0 Å². The van der Waals surface area contributed by atoms with Crippen molar-refractivity contribution in [2.45, 2.75) is 47.5 Å². The predicted octanol–water partition coefficient (Wildman–Crippen LogP) is 2.58. The molecule has 0 amide bonds. The third-order valence-corrected chi connectivity index (χ3v) is 4.05. The molecule has 0 saturated carbocycles. The molecule has 3 nitrogen and oxygen atoms in total. The summed E-state index contributed by atoms with van der Waals surface area (Å²) >= 11 is 0. The summed E-state index contributed by atoms with van der Waals surface area (Å²) in [6.45, 7) is 9.03. The molecule has 0 aliphatic heterocycles. The lowest BCUT2D eigenvalue weighted by Gasteiger charge is -2.41. The zero-order valence-electron chi connectivity index (χ0n) is 10.6. The first kappa shape index (κ1) is 14.1. The van der Waals surface area contributed by atoms with Gasteiger partial charge in [0.2, 0.25) is 0 Å².